The number of nitrogens with one attached hydrogen (secondary N) is 2. The molecule has 3 atom stereocenters. The van der Waals surface area contributed by atoms with Crippen molar-refractivity contribution in [2.45, 2.75) is 50.2 Å². The second-order valence-electron chi connectivity index (χ2n) is 6.49. The Hall–Kier alpha value is -1.97. The van der Waals surface area contributed by atoms with Crippen molar-refractivity contribution < 1.29 is 36.2 Å². The van der Waals surface area contributed by atoms with Gasteiger partial charge in [-0.3, -0.25) is 0 Å². The van der Waals surface area contributed by atoms with Gasteiger partial charge in [-0.15, -0.1) is 0 Å². The van der Waals surface area contributed by atoms with Gasteiger partial charge in [0.15, 0.2) is 0 Å². The lowest BCUT2D eigenvalue weighted by Gasteiger charge is -2.33. The summed E-state index contributed by atoms with van der Waals surface area (Å²) in [5.41, 5.74) is -1.46. The molecule has 152 valence electrons. The largest absolute Gasteiger partial charge is 0.416 e. The summed E-state index contributed by atoms with van der Waals surface area (Å²) in [4.78, 5) is 11.9. The van der Waals surface area contributed by atoms with Crippen LogP contribution in [0.4, 0.5) is 31.1 Å². The topological polar surface area (TPSA) is 61.4 Å². The number of benzene rings is 1. The van der Waals surface area contributed by atoms with Gasteiger partial charge in [-0.05, 0) is 24.5 Å². The molecular formula is C17H20F6N2O2. The number of urea groups is 1. The molecule has 1 aliphatic carbocycles. The molecule has 1 aliphatic rings. The smallest absolute Gasteiger partial charge is 0.387 e. The maximum Gasteiger partial charge on any atom is 0.416 e. The molecule has 3 N–H and O–H groups in total. The van der Waals surface area contributed by atoms with E-state index < -0.39 is 54.1 Å². The number of aliphatic hydroxyl groups excluding tert-OH is 1. The minimum Gasteiger partial charge on any atom is -0.387 e. The summed E-state index contributed by atoms with van der Waals surface area (Å²) >= 11 is 0. The van der Waals surface area contributed by atoms with Crippen molar-refractivity contribution in [3.63, 3.8) is 0 Å². The Kier molecular flexibility index (Phi) is 6.61. The van der Waals surface area contributed by atoms with E-state index in [2.05, 4.69) is 10.6 Å². The summed E-state index contributed by atoms with van der Waals surface area (Å²) < 4.78 is 77.9. The first-order chi connectivity index (χ1) is 12.5. The quantitative estimate of drug-likeness (QED) is 0.667. The Morgan fingerprint density at radius 3 is 2.37 bits per heavy atom. The SMILES string of the molecule is O=C(NCC(O)c1ccccc1C(F)(F)F)NC1CCCCC1C(F)(F)F. The Morgan fingerprint density at radius 1 is 1.11 bits per heavy atom. The van der Waals surface area contributed by atoms with Crippen LogP contribution in [0.1, 0.15) is 42.9 Å². The van der Waals surface area contributed by atoms with Crippen LogP contribution in [0.25, 0.3) is 0 Å². The fraction of sp³-hybridized carbons (Fsp3) is 0.588. The molecule has 0 heterocycles. The Balaban J connectivity index is 1.96. The van der Waals surface area contributed by atoms with Crippen LogP contribution in [0.2, 0.25) is 0 Å². The lowest BCUT2D eigenvalue weighted by atomic mass is 9.84. The normalized spacial score (nSPS) is 22.2. The van der Waals surface area contributed by atoms with Crippen LogP contribution in [0.5, 0.6) is 0 Å². The molecule has 3 unspecified atom stereocenters. The second kappa shape index (κ2) is 8.37. The number of carbonyl (C=O) groups is 1. The highest BCUT2D eigenvalue weighted by molar-refractivity contribution is 5.74. The second-order valence-corrected chi connectivity index (χ2v) is 6.49. The van der Waals surface area contributed by atoms with Crippen LogP contribution < -0.4 is 10.6 Å². The van der Waals surface area contributed by atoms with Crippen LogP contribution in [0.3, 0.4) is 0 Å². The van der Waals surface area contributed by atoms with Crippen LogP contribution in [0, 0.1) is 5.92 Å². The molecule has 0 radical (unpaired) electrons. The van der Waals surface area contributed by atoms with E-state index in [0.29, 0.717) is 12.8 Å². The molecule has 4 nitrogen and oxygen atoms in total. The molecule has 10 heteroatoms. The third kappa shape index (κ3) is 5.75. The Labute approximate surface area is 151 Å². The number of rotatable bonds is 4. The van der Waals surface area contributed by atoms with Gasteiger partial charge in [0.05, 0.1) is 17.6 Å². The van der Waals surface area contributed by atoms with E-state index in [1.165, 1.54) is 12.1 Å². The van der Waals surface area contributed by atoms with Gasteiger partial charge in [0, 0.05) is 12.6 Å². The average Bonchev–Trinajstić information content (AvgIpc) is 2.58. The standard InChI is InChI=1S/C17H20F6N2O2/c18-16(19,20)11-6-2-1-5-10(11)14(26)9-24-15(27)25-13-8-4-3-7-12(13)17(21,22)23/h1-2,5-6,12-14,26H,3-4,7-9H2,(H2,24,25,27). The first kappa shape index (κ1) is 21.3. The number of halogens is 6. The first-order valence-electron chi connectivity index (χ1n) is 8.45. The number of hydrogen-bond acceptors (Lipinski definition) is 2. The van der Waals surface area contributed by atoms with Crippen LogP contribution in [0.15, 0.2) is 24.3 Å². The van der Waals surface area contributed by atoms with Gasteiger partial charge >= 0.3 is 18.4 Å². The van der Waals surface area contributed by atoms with Crippen molar-refractivity contribution in [1.82, 2.24) is 10.6 Å². The van der Waals surface area contributed by atoms with E-state index in [9.17, 15) is 36.2 Å². The zero-order chi connectivity index (χ0) is 20.2. The minimum absolute atomic E-state index is 0.0873. The molecule has 0 spiro atoms. The fourth-order valence-corrected chi connectivity index (χ4v) is 3.26. The highest BCUT2D eigenvalue weighted by Crippen LogP contribution is 2.38. The molecule has 0 aliphatic heterocycles. The van der Waals surface area contributed by atoms with Crippen LogP contribution in [-0.2, 0) is 6.18 Å². The third-order valence-electron chi connectivity index (χ3n) is 4.58. The van der Waals surface area contributed by atoms with E-state index >= 15 is 0 Å². The zero-order valence-electron chi connectivity index (χ0n) is 14.2. The molecule has 1 aromatic carbocycles. The molecule has 2 rings (SSSR count). The van der Waals surface area contributed by atoms with Gasteiger partial charge < -0.3 is 15.7 Å². The van der Waals surface area contributed by atoms with E-state index in [-0.39, 0.29) is 12.8 Å². The maximum atomic E-state index is 13.0. The molecule has 1 aromatic rings. The van der Waals surface area contributed by atoms with Gasteiger partial charge in [-0.1, -0.05) is 31.0 Å². The van der Waals surface area contributed by atoms with E-state index in [1.54, 1.807) is 0 Å². The highest BCUT2D eigenvalue weighted by atomic mass is 19.4. The number of hydrogen-bond donors (Lipinski definition) is 3. The lowest BCUT2D eigenvalue weighted by molar-refractivity contribution is -0.187. The summed E-state index contributed by atoms with van der Waals surface area (Å²) in [5, 5.41) is 14.3. The van der Waals surface area contributed by atoms with Crippen LogP contribution in [-0.4, -0.2) is 29.9 Å². The highest BCUT2D eigenvalue weighted by Gasteiger charge is 2.46. The summed E-state index contributed by atoms with van der Waals surface area (Å²) in [6.45, 7) is -0.567. The first-order valence-corrected chi connectivity index (χ1v) is 8.45. The molecule has 2 amide bonds. The van der Waals surface area contributed by atoms with Gasteiger partial charge in [0.2, 0.25) is 0 Å². The maximum absolute atomic E-state index is 13.0. The number of carbonyl (C=O) groups excluding carboxylic acids is 1. The fourth-order valence-electron chi connectivity index (χ4n) is 3.26. The number of aliphatic hydroxyl groups is 1. The lowest BCUT2D eigenvalue weighted by Crippen LogP contribution is -2.51. The number of amides is 2. The third-order valence-corrected chi connectivity index (χ3v) is 4.58. The van der Waals surface area contributed by atoms with Gasteiger partial charge in [0.25, 0.3) is 0 Å². The monoisotopic (exact) mass is 398 g/mol. The Morgan fingerprint density at radius 2 is 1.74 bits per heavy atom. The van der Waals surface area contributed by atoms with Gasteiger partial charge in [0.1, 0.15) is 0 Å². The van der Waals surface area contributed by atoms with Crippen molar-refractivity contribution in [2.24, 2.45) is 5.92 Å². The van der Waals surface area contributed by atoms with Crippen LogP contribution >= 0.6 is 0 Å². The van der Waals surface area contributed by atoms with E-state index in [0.717, 1.165) is 12.1 Å². The summed E-state index contributed by atoms with van der Waals surface area (Å²) in [6.07, 6.45) is -9.74. The van der Waals surface area contributed by atoms with Gasteiger partial charge in [-0.2, -0.15) is 26.3 Å². The van der Waals surface area contributed by atoms with E-state index in [4.69, 9.17) is 0 Å². The Bertz CT molecular complexity index is 647. The van der Waals surface area contributed by atoms with Crippen molar-refractivity contribution in [3.05, 3.63) is 35.4 Å². The van der Waals surface area contributed by atoms with Crippen molar-refractivity contribution in [2.75, 3.05) is 6.54 Å². The molecule has 1 fully saturated rings. The predicted molar refractivity (Wildman–Crippen MR) is 84.7 cm³/mol. The molecule has 0 aromatic heterocycles. The molecule has 27 heavy (non-hydrogen) atoms. The summed E-state index contributed by atoms with van der Waals surface area (Å²) in [6, 6.07) is 2.30. The van der Waals surface area contributed by atoms with Crippen molar-refractivity contribution in [1.29, 1.82) is 0 Å². The molecular weight excluding hydrogens is 378 g/mol. The summed E-state index contributed by atoms with van der Waals surface area (Å²) in [5.74, 6) is -1.66. The zero-order valence-corrected chi connectivity index (χ0v) is 14.2. The predicted octanol–water partition coefficient (Wildman–Crippen LogP) is 4.16. The van der Waals surface area contributed by atoms with E-state index in [1.807, 2.05) is 0 Å². The molecule has 1 saturated carbocycles. The van der Waals surface area contributed by atoms with Crippen molar-refractivity contribution in [3.8, 4) is 0 Å². The number of alkyl halides is 6. The average molecular weight is 398 g/mol. The molecule has 0 saturated heterocycles. The summed E-state index contributed by atoms with van der Waals surface area (Å²) in [7, 11) is 0. The van der Waals surface area contributed by atoms with Crippen molar-refractivity contribution >= 4 is 6.03 Å². The molecule has 0 bridgehead atoms. The minimum atomic E-state index is -4.68. The van der Waals surface area contributed by atoms with Gasteiger partial charge in [-0.25, -0.2) is 4.79 Å².